The number of hydrogen-bond donors (Lipinski definition) is 0. The van der Waals surface area contributed by atoms with Crippen molar-refractivity contribution < 1.29 is 0 Å². The largest absolute Gasteiger partial charge is 0.343 e. The van der Waals surface area contributed by atoms with Crippen LogP contribution in [0.25, 0.3) is 10.8 Å². The van der Waals surface area contributed by atoms with Crippen molar-refractivity contribution in [3.63, 3.8) is 0 Å². The van der Waals surface area contributed by atoms with E-state index in [0.717, 1.165) is 11.3 Å². The van der Waals surface area contributed by atoms with Gasteiger partial charge in [0.05, 0.1) is 17.1 Å². The predicted octanol–water partition coefficient (Wildman–Crippen LogP) is 6.82. The maximum absolute atomic E-state index is 4.69. The van der Waals surface area contributed by atoms with Crippen LogP contribution in [0.1, 0.15) is 5.56 Å². The SMILES string of the molecule is CN1c2ccccc2Sc2cc(C=Nc3ccc4ccccc4c3)ccc21. The molecule has 0 atom stereocenters. The van der Waals surface area contributed by atoms with Crippen LogP contribution in [0.3, 0.4) is 0 Å². The van der Waals surface area contributed by atoms with E-state index in [0.29, 0.717) is 0 Å². The van der Waals surface area contributed by atoms with Crippen molar-refractivity contribution in [3.05, 3.63) is 90.5 Å². The molecule has 0 amide bonds. The number of anilines is 2. The Morgan fingerprint density at radius 2 is 1.52 bits per heavy atom. The number of para-hydroxylation sites is 1. The Bertz CT molecular complexity index is 1180. The van der Waals surface area contributed by atoms with E-state index in [4.69, 9.17) is 4.99 Å². The summed E-state index contributed by atoms with van der Waals surface area (Å²) in [6.07, 6.45) is 1.95. The number of benzene rings is 4. The summed E-state index contributed by atoms with van der Waals surface area (Å²) in [7, 11) is 2.13. The first-order chi connectivity index (χ1) is 13.3. The normalized spacial score (nSPS) is 13.0. The highest BCUT2D eigenvalue weighted by Gasteiger charge is 2.20. The molecule has 0 fully saturated rings. The highest BCUT2D eigenvalue weighted by atomic mass is 32.2. The zero-order valence-electron chi connectivity index (χ0n) is 15.0. The van der Waals surface area contributed by atoms with E-state index in [1.807, 2.05) is 18.0 Å². The highest BCUT2D eigenvalue weighted by molar-refractivity contribution is 7.99. The first-order valence-corrected chi connectivity index (χ1v) is 9.77. The summed E-state index contributed by atoms with van der Waals surface area (Å²) in [5.74, 6) is 0. The molecule has 1 heterocycles. The summed E-state index contributed by atoms with van der Waals surface area (Å²) < 4.78 is 0. The molecule has 0 saturated carbocycles. The van der Waals surface area contributed by atoms with Gasteiger partial charge in [-0.05, 0) is 52.7 Å². The predicted molar refractivity (Wildman–Crippen MR) is 116 cm³/mol. The average Bonchev–Trinajstić information content (AvgIpc) is 2.72. The lowest BCUT2D eigenvalue weighted by Gasteiger charge is -2.29. The molecule has 0 bridgehead atoms. The number of hydrogen-bond acceptors (Lipinski definition) is 3. The van der Waals surface area contributed by atoms with Crippen molar-refractivity contribution in [1.82, 2.24) is 0 Å². The summed E-state index contributed by atoms with van der Waals surface area (Å²) in [4.78, 5) is 9.50. The van der Waals surface area contributed by atoms with Gasteiger partial charge in [-0.2, -0.15) is 0 Å². The van der Waals surface area contributed by atoms with Crippen molar-refractivity contribution in [2.24, 2.45) is 4.99 Å². The van der Waals surface area contributed by atoms with Crippen LogP contribution in [0.2, 0.25) is 0 Å². The van der Waals surface area contributed by atoms with Crippen LogP contribution in [0.15, 0.2) is 99.7 Å². The van der Waals surface area contributed by atoms with Crippen LogP contribution < -0.4 is 4.90 Å². The van der Waals surface area contributed by atoms with E-state index in [2.05, 4.69) is 96.9 Å². The average molecular weight is 366 g/mol. The topological polar surface area (TPSA) is 15.6 Å². The third-order valence-electron chi connectivity index (χ3n) is 4.89. The van der Waals surface area contributed by atoms with E-state index in [-0.39, 0.29) is 0 Å². The monoisotopic (exact) mass is 366 g/mol. The lowest BCUT2D eigenvalue weighted by molar-refractivity contribution is 1.11. The summed E-state index contributed by atoms with van der Waals surface area (Å²) in [6.45, 7) is 0. The molecule has 4 aromatic carbocycles. The third-order valence-corrected chi connectivity index (χ3v) is 6.00. The van der Waals surface area contributed by atoms with Crippen LogP contribution in [0.4, 0.5) is 17.1 Å². The first-order valence-electron chi connectivity index (χ1n) is 8.95. The van der Waals surface area contributed by atoms with E-state index >= 15 is 0 Å². The molecule has 0 spiro atoms. The standard InChI is InChI=1S/C24H18N2S/c1-26-21-8-4-5-9-23(21)27-24-14-17(10-13-22(24)26)16-25-20-12-11-18-6-2-3-7-19(18)15-20/h2-16H,1H3. The first kappa shape index (κ1) is 16.2. The zero-order chi connectivity index (χ0) is 18.2. The molecule has 0 N–H and O–H groups in total. The Labute approximate surface area is 163 Å². The fraction of sp³-hybridized carbons (Fsp3) is 0.0417. The van der Waals surface area contributed by atoms with Crippen molar-refractivity contribution in [2.45, 2.75) is 9.79 Å². The highest BCUT2D eigenvalue weighted by Crippen LogP contribution is 2.47. The molecule has 2 nitrogen and oxygen atoms in total. The fourth-order valence-electron chi connectivity index (χ4n) is 3.44. The Balaban J connectivity index is 1.46. The van der Waals surface area contributed by atoms with Gasteiger partial charge in [-0.25, -0.2) is 0 Å². The van der Waals surface area contributed by atoms with Gasteiger partial charge in [0.1, 0.15) is 0 Å². The molecule has 0 saturated heterocycles. The summed E-state index contributed by atoms with van der Waals surface area (Å²) >= 11 is 1.82. The van der Waals surface area contributed by atoms with Crippen LogP contribution in [-0.2, 0) is 0 Å². The van der Waals surface area contributed by atoms with Gasteiger partial charge in [0, 0.05) is 23.1 Å². The summed E-state index contributed by atoms with van der Waals surface area (Å²) in [6, 6.07) is 29.7. The molecular formula is C24H18N2S. The molecule has 0 unspecified atom stereocenters. The van der Waals surface area contributed by atoms with Gasteiger partial charge < -0.3 is 4.90 Å². The second kappa shape index (κ2) is 6.60. The minimum Gasteiger partial charge on any atom is -0.343 e. The molecule has 27 heavy (non-hydrogen) atoms. The van der Waals surface area contributed by atoms with Crippen LogP contribution in [0.5, 0.6) is 0 Å². The lowest BCUT2D eigenvalue weighted by Crippen LogP contribution is -2.14. The van der Waals surface area contributed by atoms with Gasteiger partial charge in [-0.1, -0.05) is 60.3 Å². The van der Waals surface area contributed by atoms with E-state index in [9.17, 15) is 0 Å². The van der Waals surface area contributed by atoms with E-state index in [1.165, 1.54) is 31.9 Å². The molecule has 130 valence electrons. The minimum atomic E-state index is 0.974. The van der Waals surface area contributed by atoms with Gasteiger partial charge in [0.2, 0.25) is 0 Å². The summed E-state index contributed by atoms with van der Waals surface area (Å²) in [5.41, 5.74) is 4.58. The van der Waals surface area contributed by atoms with Gasteiger partial charge in [-0.3, -0.25) is 4.99 Å². The van der Waals surface area contributed by atoms with E-state index < -0.39 is 0 Å². The van der Waals surface area contributed by atoms with Crippen LogP contribution in [0, 0.1) is 0 Å². The second-order valence-electron chi connectivity index (χ2n) is 6.65. The molecular weight excluding hydrogens is 348 g/mol. The van der Waals surface area contributed by atoms with Crippen LogP contribution in [-0.4, -0.2) is 13.3 Å². The van der Waals surface area contributed by atoms with Gasteiger partial charge in [0.25, 0.3) is 0 Å². The fourth-order valence-corrected chi connectivity index (χ4v) is 4.64. The van der Waals surface area contributed by atoms with Crippen LogP contribution >= 0.6 is 11.8 Å². The number of aliphatic imine (C=N–C) groups is 1. The maximum Gasteiger partial charge on any atom is 0.0636 e. The smallest absolute Gasteiger partial charge is 0.0636 e. The molecule has 5 rings (SSSR count). The third kappa shape index (κ3) is 3.00. The number of fused-ring (bicyclic) bond motifs is 3. The number of rotatable bonds is 2. The van der Waals surface area contributed by atoms with Gasteiger partial charge in [-0.15, -0.1) is 0 Å². The molecule has 4 aromatic rings. The molecule has 3 heteroatoms. The molecule has 0 aromatic heterocycles. The minimum absolute atomic E-state index is 0.974. The Hall–Kier alpha value is -3.04. The molecule has 0 radical (unpaired) electrons. The van der Waals surface area contributed by atoms with Gasteiger partial charge in [0.15, 0.2) is 0 Å². The van der Waals surface area contributed by atoms with Gasteiger partial charge >= 0.3 is 0 Å². The maximum atomic E-state index is 4.69. The quantitative estimate of drug-likeness (QED) is 0.362. The Morgan fingerprint density at radius 1 is 0.741 bits per heavy atom. The Kier molecular flexibility index (Phi) is 3.95. The molecule has 1 aliphatic heterocycles. The van der Waals surface area contributed by atoms with Crippen molar-refractivity contribution in [3.8, 4) is 0 Å². The van der Waals surface area contributed by atoms with Crippen molar-refractivity contribution >= 4 is 45.8 Å². The van der Waals surface area contributed by atoms with Crippen molar-refractivity contribution in [1.29, 1.82) is 0 Å². The van der Waals surface area contributed by atoms with Crippen molar-refractivity contribution in [2.75, 3.05) is 11.9 Å². The lowest BCUT2D eigenvalue weighted by atomic mass is 10.1. The number of nitrogens with zero attached hydrogens (tertiary/aromatic N) is 2. The zero-order valence-corrected chi connectivity index (χ0v) is 15.8. The molecule has 1 aliphatic rings. The summed E-state index contributed by atoms with van der Waals surface area (Å²) in [5, 5.41) is 2.45. The van der Waals surface area contributed by atoms with E-state index in [1.54, 1.807) is 0 Å². The Morgan fingerprint density at radius 3 is 2.44 bits per heavy atom. The molecule has 0 aliphatic carbocycles. The second-order valence-corrected chi connectivity index (χ2v) is 7.73.